The summed E-state index contributed by atoms with van der Waals surface area (Å²) in [5.74, 6) is -0.847. The first kappa shape index (κ1) is 11.5. The van der Waals surface area contributed by atoms with Crippen LogP contribution >= 0.6 is 15.9 Å². The van der Waals surface area contributed by atoms with Gasteiger partial charge in [-0.2, -0.15) is 0 Å². The lowest BCUT2D eigenvalue weighted by Gasteiger charge is -2.06. The minimum Gasteiger partial charge on any atom is -0.478 e. The van der Waals surface area contributed by atoms with Gasteiger partial charge in [-0.25, -0.2) is 14.8 Å². The van der Waals surface area contributed by atoms with E-state index in [1.165, 1.54) is 18.5 Å². The van der Waals surface area contributed by atoms with Crippen LogP contribution in [0.1, 0.15) is 10.4 Å². The van der Waals surface area contributed by atoms with Crippen molar-refractivity contribution < 1.29 is 14.6 Å². The van der Waals surface area contributed by atoms with Crippen LogP contribution in [0.5, 0.6) is 11.8 Å². The molecule has 0 aliphatic heterocycles. The quantitative estimate of drug-likeness (QED) is 0.942. The number of nitrogens with zero attached hydrogens (tertiary/aromatic N) is 2. The van der Waals surface area contributed by atoms with Gasteiger partial charge in [0.15, 0.2) is 0 Å². The standard InChI is InChI=1S/C11H7BrN2O3/c12-7-5-13-11(14-6-7)17-9-4-2-1-3-8(9)10(15)16/h1-6H,(H,15,16). The monoisotopic (exact) mass is 294 g/mol. The summed E-state index contributed by atoms with van der Waals surface area (Å²) in [6.45, 7) is 0. The van der Waals surface area contributed by atoms with Crippen molar-refractivity contribution in [3.05, 3.63) is 46.7 Å². The second-order valence-electron chi connectivity index (χ2n) is 3.09. The molecule has 2 aromatic rings. The van der Waals surface area contributed by atoms with E-state index >= 15 is 0 Å². The highest BCUT2D eigenvalue weighted by molar-refractivity contribution is 9.10. The topological polar surface area (TPSA) is 72.3 Å². The predicted molar refractivity (Wildman–Crippen MR) is 63.2 cm³/mol. The van der Waals surface area contributed by atoms with Gasteiger partial charge in [0.2, 0.25) is 0 Å². The van der Waals surface area contributed by atoms with Crippen molar-refractivity contribution >= 4 is 21.9 Å². The van der Waals surface area contributed by atoms with Crippen LogP contribution in [0, 0.1) is 0 Å². The number of carboxylic acids is 1. The Morgan fingerprint density at radius 3 is 2.53 bits per heavy atom. The van der Waals surface area contributed by atoms with Gasteiger partial charge in [-0.1, -0.05) is 12.1 Å². The second kappa shape index (κ2) is 4.92. The highest BCUT2D eigenvalue weighted by atomic mass is 79.9. The first-order valence-corrected chi connectivity index (χ1v) is 5.44. The van der Waals surface area contributed by atoms with E-state index in [-0.39, 0.29) is 17.3 Å². The Morgan fingerprint density at radius 1 is 1.24 bits per heavy atom. The molecule has 6 heteroatoms. The average Bonchev–Trinajstić information content (AvgIpc) is 2.32. The highest BCUT2D eigenvalue weighted by Crippen LogP contribution is 2.22. The number of hydrogen-bond acceptors (Lipinski definition) is 4. The molecule has 0 radical (unpaired) electrons. The van der Waals surface area contributed by atoms with Gasteiger partial charge in [0.1, 0.15) is 11.3 Å². The molecule has 0 spiro atoms. The highest BCUT2D eigenvalue weighted by Gasteiger charge is 2.11. The molecule has 0 unspecified atom stereocenters. The van der Waals surface area contributed by atoms with E-state index < -0.39 is 5.97 Å². The minimum atomic E-state index is -1.06. The predicted octanol–water partition coefficient (Wildman–Crippen LogP) is 2.73. The molecule has 5 nitrogen and oxygen atoms in total. The summed E-state index contributed by atoms with van der Waals surface area (Å²) in [6.07, 6.45) is 3.04. The Hall–Kier alpha value is -1.95. The number of aromatic nitrogens is 2. The van der Waals surface area contributed by atoms with Crippen molar-refractivity contribution in [3.63, 3.8) is 0 Å². The molecule has 1 heterocycles. The van der Waals surface area contributed by atoms with E-state index in [2.05, 4.69) is 25.9 Å². The Kier molecular flexibility index (Phi) is 3.34. The molecule has 86 valence electrons. The first-order valence-electron chi connectivity index (χ1n) is 4.64. The number of para-hydroxylation sites is 1. The lowest BCUT2D eigenvalue weighted by molar-refractivity contribution is 0.0694. The van der Waals surface area contributed by atoms with Crippen LogP contribution in [0.25, 0.3) is 0 Å². The first-order chi connectivity index (χ1) is 8.16. The number of carbonyl (C=O) groups is 1. The van der Waals surface area contributed by atoms with E-state index in [1.807, 2.05) is 0 Å². The molecule has 17 heavy (non-hydrogen) atoms. The second-order valence-corrected chi connectivity index (χ2v) is 4.00. The Bertz CT molecular complexity index is 543. The van der Waals surface area contributed by atoms with E-state index in [4.69, 9.17) is 9.84 Å². The van der Waals surface area contributed by atoms with Crippen LogP contribution in [0.4, 0.5) is 0 Å². The van der Waals surface area contributed by atoms with Gasteiger partial charge in [-0.15, -0.1) is 0 Å². The molecule has 0 saturated carbocycles. The normalized spacial score (nSPS) is 9.94. The van der Waals surface area contributed by atoms with E-state index in [1.54, 1.807) is 18.2 Å². The number of rotatable bonds is 3. The van der Waals surface area contributed by atoms with Crippen molar-refractivity contribution in [1.82, 2.24) is 9.97 Å². The fraction of sp³-hybridized carbons (Fsp3) is 0. The summed E-state index contributed by atoms with van der Waals surface area (Å²) >= 11 is 3.19. The van der Waals surface area contributed by atoms with Crippen molar-refractivity contribution in [3.8, 4) is 11.8 Å². The van der Waals surface area contributed by atoms with Crippen LogP contribution in [-0.4, -0.2) is 21.0 Å². The van der Waals surface area contributed by atoms with Crippen molar-refractivity contribution in [2.24, 2.45) is 0 Å². The molecule has 1 aromatic carbocycles. The molecule has 2 rings (SSSR count). The van der Waals surface area contributed by atoms with Crippen molar-refractivity contribution in [2.45, 2.75) is 0 Å². The van der Waals surface area contributed by atoms with Crippen LogP contribution < -0.4 is 4.74 Å². The summed E-state index contributed by atoms with van der Waals surface area (Å²) in [5.41, 5.74) is 0.0685. The molecular weight excluding hydrogens is 288 g/mol. The zero-order valence-corrected chi connectivity index (χ0v) is 10.1. The maximum Gasteiger partial charge on any atom is 0.339 e. The Balaban J connectivity index is 2.30. The molecule has 1 N–H and O–H groups in total. The maximum atomic E-state index is 10.9. The molecule has 1 aromatic heterocycles. The summed E-state index contributed by atoms with van der Waals surface area (Å²) in [7, 11) is 0. The SMILES string of the molecule is O=C(O)c1ccccc1Oc1ncc(Br)cn1. The number of carboxylic acid groups (broad SMARTS) is 1. The zero-order chi connectivity index (χ0) is 12.3. The molecule has 0 aliphatic carbocycles. The molecule has 0 atom stereocenters. The summed E-state index contributed by atoms with van der Waals surface area (Å²) in [6, 6.07) is 6.41. The molecule has 0 fully saturated rings. The zero-order valence-electron chi connectivity index (χ0n) is 8.50. The number of halogens is 1. The summed E-state index contributed by atoms with van der Waals surface area (Å²) in [5, 5.41) is 8.96. The molecule has 0 amide bonds. The lowest BCUT2D eigenvalue weighted by Crippen LogP contribution is -2.00. The van der Waals surface area contributed by atoms with Gasteiger partial charge in [-0.05, 0) is 28.1 Å². The van der Waals surface area contributed by atoms with Gasteiger partial charge in [-0.3, -0.25) is 0 Å². The lowest BCUT2D eigenvalue weighted by atomic mass is 10.2. The third-order valence-corrected chi connectivity index (χ3v) is 2.32. The fourth-order valence-corrected chi connectivity index (χ4v) is 1.39. The van der Waals surface area contributed by atoms with Crippen molar-refractivity contribution in [2.75, 3.05) is 0 Å². The molecule has 0 aliphatic rings. The van der Waals surface area contributed by atoms with Crippen molar-refractivity contribution in [1.29, 1.82) is 0 Å². The van der Waals surface area contributed by atoms with Crippen LogP contribution in [-0.2, 0) is 0 Å². The Morgan fingerprint density at radius 2 is 1.88 bits per heavy atom. The van der Waals surface area contributed by atoms with E-state index in [9.17, 15) is 4.79 Å². The number of hydrogen-bond donors (Lipinski definition) is 1. The van der Waals surface area contributed by atoms with Gasteiger partial charge in [0, 0.05) is 12.4 Å². The summed E-state index contributed by atoms with van der Waals surface area (Å²) in [4.78, 5) is 18.7. The molecular formula is C11H7BrN2O3. The van der Waals surface area contributed by atoms with Gasteiger partial charge >= 0.3 is 12.0 Å². The Labute approximate surface area is 105 Å². The van der Waals surface area contributed by atoms with E-state index in [0.717, 1.165) is 4.47 Å². The summed E-state index contributed by atoms with van der Waals surface area (Å²) < 4.78 is 6.02. The average molecular weight is 295 g/mol. The minimum absolute atomic E-state index is 0.0685. The third-order valence-electron chi connectivity index (χ3n) is 1.92. The van der Waals surface area contributed by atoms with Gasteiger partial charge < -0.3 is 9.84 Å². The maximum absolute atomic E-state index is 10.9. The largest absolute Gasteiger partial charge is 0.478 e. The molecule has 0 bridgehead atoms. The van der Waals surface area contributed by atoms with Gasteiger partial charge in [0.05, 0.1) is 4.47 Å². The van der Waals surface area contributed by atoms with Gasteiger partial charge in [0.25, 0.3) is 0 Å². The van der Waals surface area contributed by atoms with E-state index in [0.29, 0.717) is 0 Å². The number of aromatic carboxylic acids is 1. The molecule has 0 saturated heterocycles. The fourth-order valence-electron chi connectivity index (χ4n) is 1.18. The third kappa shape index (κ3) is 2.79. The van der Waals surface area contributed by atoms with Crippen LogP contribution in [0.15, 0.2) is 41.1 Å². The smallest absolute Gasteiger partial charge is 0.339 e. The van der Waals surface area contributed by atoms with Crippen LogP contribution in [0.3, 0.4) is 0 Å². The number of benzene rings is 1. The number of ether oxygens (including phenoxy) is 1. The van der Waals surface area contributed by atoms with Crippen LogP contribution in [0.2, 0.25) is 0 Å².